The van der Waals surface area contributed by atoms with E-state index in [1.165, 1.54) is 5.56 Å². The average molecular weight is 398 g/mol. The maximum absolute atomic E-state index is 4.59. The molecule has 142 valence electrons. The van der Waals surface area contributed by atoms with Crippen LogP contribution in [0.25, 0.3) is 39.0 Å². The van der Waals surface area contributed by atoms with Crippen LogP contribution in [0.5, 0.6) is 0 Å². The van der Waals surface area contributed by atoms with Crippen LogP contribution in [-0.4, -0.2) is 25.4 Å². The minimum atomic E-state index is 0.906. The van der Waals surface area contributed by atoms with Crippen LogP contribution in [0.1, 0.15) is 16.8 Å². The molecule has 0 aliphatic carbocycles. The molecule has 4 heterocycles. The second-order valence-electron chi connectivity index (χ2n) is 6.87. The summed E-state index contributed by atoms with van der Waals surface area (Å²) in [5.41, 5.74) is 9.64. The largest absolute Gasteiger partial charge is 0.357 e. The van der Waals surface area contributed by atoms with Gasteiger partial charge in [-0.05, 0) is 58.6 Å². The highest BCUT2D eigenvalue weighted by Crippen LogP contribution is 2.34. The predicted molar refractivity (Wildman–Crippen MR) is 120 cm³/mol. The monoisotopic (exact) mass is 397 g/mol. The quantitative estimate of drug-likeness (QED) is 0.321. The van der Waals surface area contributed by atoms with E-state index in [4.69, 9.17) is 0 Å². The number of benzene rings is 1. The summed E-state index contributed by atoms with van der Waals surface area (Å²) in [4.78, 5) is 3.52. The van der Waals surface area contributed by atoms with E-state index < -0.39 is 0 Å². The van der Waals surface area contributed by atoms with Crippen LogP contribution in [0.3, 0.4) is 0 Å². The SMILES string of the molecule is C=C/C=C(/c1ccsc1)c1cc(-c2n[nH]c3ccc(-c4cn[nH]c4)cc23)[nH]c1C. The lowest BCUT2D eigenvalue weighted by Gasteiger charge is -2.04. The van der Waals surface area contributed by atoms with Gasteiger partial charge in [0.25, 0.3) is 0 Å². The van der Waals surface area contributed by atoms with Crippen LogP contribution in [0.2, 0.25) is 0 Å². The molecule has 5 rings (SSSR count). The van der Waals surface area contributed by atoms with Crippen molar-refractivity contribution in [2.75, 3.05) is 0 Å². The van der Waals surface area contributed by atoms with Crippen LogP contribution < -0.4 is 0 Å². The Labute approximate surface area is 171 Å². The number of hydrogen-bond donors (Lipinski definition) is 3. The molecule has 0 fully saturated rings. The van der Waals surface area contributed by atoms with Crippen LogP contribution >= 0.6 is 11.3 Å². The van der Waals surface area contributed by atoms with Gasteiger partial charge in [0, 0.05) is 28.4 Å². The Bertz CT molecular complexity index is 1320. The second-order valence-corrected chi connectivity index (χ2v) is 7.65. The Morgan fingerprint density at radius 2 is 2.10 bits per heavy atom. The van der Waals surface area contributed by atoms with Crippen LogP contribution in [0, 0.1) is 6.92 Å². The number of rotatable bonds is 5. The van der Waals surface area contributed by atoms with E-state index in [-0.39, 0.29) is 0 Å². The van der Waals surface area contributed by atoms with E-state index in [0.717, 1.165) is 50.2 Å². The molecule has 0 atom stereocenters. The number of aromatic nitrogens is 5. The van der Waals surface area contributed by atoms with Crippen molar-refractivity contribution in [3.05, 3.63) is 89.0 Å². The van der Waals surface area contributed by atoms with E-state index in [1.54, 1.807) is 11.3 Å². The fourth-order valence-corrected chi connectivity index (χ4v) is 4.31. The second kappa shape index (κ2) is 7.07. The molecule has 0 amide bonds. The predicted octanol–water partition coefficient (Wildman–Crippen LogP) is 5.94. The molecule has 0 aliphatic rings. The standard InChI is InChI=1S/C23H19N5S/c1-3-4-18(16-7-8-29-13-16)19-10-22(26-14(19)2)23-20-9-15(17-11-24-25-12-17)5-6-21(20)27-28-23/h3-13,26H,1H2,2H3,(H,24,25)(H,27,28)/b18-4-. The molecule has 0 unspecified atom stereocenters. The number of fused-ring (bicyclic) bond motifs is 1. The number of aryl methyl sites for hydroxylation is 1. The van der Waals surface area contributed by atoms with Gasteiger partial charge in [-0.1, -0.05) is 24.8 Å². The summed E-state index contributed by atoms with van der Waals surface area (Å²) in [5.74, 6) is 0. The number of allylic oxidation sites excluding steroid dienone is 2. The van der Waals surface area contributed by atoms with Gasteiger partial charge in [-0.3, -0.25) is 10.2 Å². The highest BCUT2D eigenvalue weighted by molar-refractivity contribution is 7.08. The van der Waals surface area contributed by atoms with Crippen molar-refractivity contribution < 1.29 is 0 Å². The molecular weight excluding hydrogens is 378 g/mol. The lowest BCUT2D eigenvalue weighted by Crippen LogP contribution is -1.86. The molecule has 5 nitrogen and oxygen atoms in total. The van der Waals surface area contributed by atoms with Crippen molar-refractivity contribution in [2.45, 2.75) is 6.92 Å². The first-order chi connectivity index (χ1) is 14.2. The number of aromatic amines is 3. The molecule has 0 aliphatic heterocycles. The zero-order valence-corrected chi connectivity index (χ0v) is 16.7. The minimum Gasteiger partial charge on any atom is -0.357 e. The van der Waals surface area contributed by atoms with Gasteiger partial charge in [-0.25, -0.2) is 0 Å². The average Bonchev–Trinajstić information content (AvgIpc) is 3.52. The third-order valence-corrected chi connectivity index (χ3v) is 5.75. The summed E-state index contributed by atoms with van der Waals surface area (Å²) in [6, 6.07) is 10.6. The fraction of sp³-hybridized carbons (Fsp3) is 0.0435. The fourth-order valence-electron chi connectivity index (χ4n) is 3.65. The van der Waals surface area contributed by atoms with Gasteiger partial charge < -0.3 is 4.98 Å². The van der Waals surface area contributed by atoms with Gasteiger partial charge in [0.2, 0.25) is 0 Å². The van der Waals surface area contributed by atoms with E-state index in [0.29, 0.717) is 0 Å². The number of nitrogens with zero attached hydrogens (tertiary/aromatic N) is 2. The van der Waals surface area contributed by atoms with Gasteiger partial charge >= 0.3 is 0 Å². The first-order valence-corrected chi connectivity index (χ1v) is 10.2. The first kappa shape index (κ1) is 17.5. The van der Waals surface area contributed by atoms with E-state index in [1.807, 2.05) is 18.5 Å². The van der Waals surface area contributed by atoms with Crippen molar-refractivity contribution in [2.24, 2.45) is 0 Å². The van der Waals surface area contributed by atoms with E-state index >= 15 is 0 Å². The van der Waals surface area contributed by atoms with Crippen LogP contribution in [0.4, 0.5) is 0 Å². The maximum atomic E-state index is 4.59. The highest BCUT2D eigenvalue weighted by Gasteiger charge is 2.16. The Kier molecular flexibility index (Phi) is 4.26. The summed E-state index contributed by atoms with van der Waals surface area (Å²) >= 11 is 1.69. The summed E-state index contributed by atoms with van der Waals surface area (Å²) in [5, 5.41) is 20.0. The minimum absolute atomic E-state index is 0.906. The molecule has 3 N–H and O–H groups in total. The molecule has 29 heavy (non-hydrogen) atoms. The van der Waals surface area contributed by atoms with Crippen molar-refractivity contribution >= 4 is 27.8 Å². The molecule has 0 radical (unpaired) electrons. The van der Waals surface area contributed by atoms with Crippen molar-refractivity contribution in [1.82, 2.24) is 25.4 Å². The maximum Gasteiger partial charge on any atom is 0.116 e. The van der Waals surface area contributed by atoms with E-state index in [9.17, 15) is 0 Å². The zero-order valence-electron chi connectivity index (χ0n) is 15.9. The molecule has 6 heteroatoms. The van der Waals surface area contributed by atoms with Crippen molar-refractivity contribution in [1.29, 1.82) is 0 Å². The number of thiophene rings is 1. The molecule has 0 saturated carbocycles. The topological polar surface area (TPSA) is 73.2 Å². The third-order valence-electron chi connectivity index (χ3n) is 5.07. The summed E-state index contributed by atoms with van der Waals surface area (Å²) < 4.78 is 0. The molecule has 5 aromatic rings. The zero-order chi connectivity index (χ0) is 19.8. The van der Waals surface area contributed by atoms with Gasteiger partial charge in [0.05, 0.1) is 17.4 Å². The van der Waals surface area contributed by atoms with Gasteiger partial charge in [0.1, 0.15) is 5.69 Å². The molecule has 0 spiro atoms. The molecule has 0 bridgehead atoms. The Morgan fingerprint density at radius 1 is 1.17 bits per heavy atom. The molecule has 0 saturated heterocycles. The Morgan fingerprint density at radius 3 is 2.86 bits per heavy atom. The van der Waals surface area contributed by atoms with E-state index in [2.05, 4.69) is 86.0 Å². The lowest BCUT2D eigenvalue weighted by atomic mass is 9.99. The molecule has 1 aromatic carbocycles. The van der Waals surface area contributed by atoms with Gasteiger partial charge in [-0.2, -0.15) is 21.5 Å². The summed E-state index contributed by atoms with van der Waals surface area (Å²) in [6.45, 7) is 5.98. The summed E-state index contributed by atoms with van der Waals surface area (Å²) in [6.07, 6.45) is 7.61. The Balaban J connectivity index is 1.63. The van der Waals surface area contributed by atoms with Crippen molar-refractivity contribution in [3.63, 3.8) is 0 Å². The van der Waals surface area contributed by atoms with Gasteiger partial charge in [0.15, 0.2) is 0 Å². The highest BCUT2D eigenvalue weighted by atomic mass is 32.1. The number of nitrogens with one attached hydrogen (secondary N) is 3. The normalized spacial score (nSPS) is 12.0. The summed E-state index contributed by atoms with van der Waals surface area (Å²) in [7, 11) is 0. The van der Waals surface area contributed by atoms with Crippen LogP contribution in [0.15, 0.2) is 72.2 Å². The molecular formula is C23H19N5S. The smallest absolute Gasteiger partial charge is 0.116 e. The lowest BCUT2D eigenvalue weighted by molar-refractivity contribution is 1.09. The number of H-pyrrole nitrogens is 3. The Hall–Kier alpha value is -3.64. The first-order valence-electron chi connectivity index (χ1n) is 9.27. The third kappa shape index (κ3) is 3.03. The van der Waals surface area contributed by atoms with Gasteiger partial charge in [-0.15, -0.1) is 0 Å². The molecule has 4 aromatic heterocycles. The number of hydrogen-bond acceptors (Lipinski definition) is 3. The van der Waals surface area contributed by atoms with Crippen LogP contribution in [-0.2, 0) is 0 Å². The van der Waals surface area contributed by atoms with Crippen molar-refractivity contribution in [3.8, 4) is 22.5 Å².